The van der Waals surface area contributed by atoms with Gasteiger partial charge in [-0.15, -0.1) is 0 Å². The summed E-state index contributed by atoms with van der Waals surface area (Å²) in [5.41, 5.74) is 3.42. The number of aromatic nitrogens is 1. The van der Waals surface area contributed by atoms with Crippen LogP contribution in [0.3, 0.4) is 0 Å². The molecule has 0 spiro atoms. The van der Waals surface area contributed by atoms with Crippen LogP contribution in [0.1, 0.15) is 13.8 Å². The lowest BCUT2D eigenvalue weighted by molar-refractivity contribution is 0.601. The van der Waals surface area contributed by atoms with Gasteiger partial charge in [-0.05, 0) is 50.2 Å². The summed E-state index contributed by atoms with van der Waals surface area (Å²) in [6.07, 6.45) is 1.63. The molecule has 4 rings (SSSR count). The largest absolute Gasteiger partial charge is 0.372 e. The number of pyridine rings is 1. The molecular formula is C19H18ClN3O2S. The van der Waals surface area contributed by atoms with Gasteiger partial charge in [0, 0.05) is 41.5 Å². The van der Waals surface area contributed by atoms with Gasteiger partial charge in [0.25, 0.3) is 10.0 Å². The van der Waals surface area contributed by atoms with Crippen LogP contribution in [0.2, 0.25) is 5.02 Å². The minimum atomic E-state index is -3.67. The van der Waals surface area contributed by atoms with Gasteiger partial charge in [0.2, 0.25) is 0 Å². The van der Waals surface area contributed by atoms with Crippen molar-refractivity contribution < 1.29 is 8.42 Å². The predicted octanol–water partition coefficient (Wildman–Crippen LogP) is 4.52. The fraction of sp³-hybridized carbons (Fsp3) is 0.211. The molecule has 0 atom stereocenters. The maximum Gasteiger partial charge on any atom is 0.262 e. The predicted molar refractivity (Wildman–Crippen MR) is 107 cm³/mol. The van der Waals surface area contributed by atoms with Crippen LogP contribution < -0.4 is 9.62 Å². The molecule has 2 heterocycles. The molecule has 1 aliphatic rings. The zero-order valence-electron chi connectivity index (χ0n) is 14.5. The monoisotopic (exact) mass is 387 g/mol. The topological polar surface area (TPSA) is 62.3 Å². The van der Waals surface area contributed by atoms with Crippen molar-refractivity contribution in [2.45, 2.75) is 18.7 Å². The lowest BCUT2D eigenvalue weighted by Crippen LogP contribution is -2.23. The van der Waals surface area contributed by atoms with Gasteiger partial charge in [-0.25, -0.2) is 8.42 Å². The first-order valence-corrected chi connectivity index (χ1v) is 10.3. The molecule has 7 heteroatoms. The normalized spacial score (nSPS) is 14.4. The third-order valence-corrected chi connectivity index (χ3v) is 6.47. The Balaban J connectivity index is 2.06. The molecule has 2 aromatic carbocycles. The third-order valence-electron chi connectivity index (χ3n) is 4.75. The van der Waals surface area contributed by atoms with E-state index in [1.165, 1.54) is 0 Å². The van der Waals surface area contributed by atoms with Crippen LogP contribution >= 0.6 is 11.6 Å². The molecule has 1 N–H and O–H groups in total. The molecule has 26 heavy (non-hydrogen) atoms. The lowest BCUT2D eigenvalue weighted by atomic mass is 10.00. The van der Waals surface area contributed by atoms with Crippen molar-refractivity contribution in [3.63, 3.8) is 0 Å². The molecule has 3 aromatic rings. The lowest BCUT2D eigenvalue weighted by Gasteiger charge is -2.26. The fourth-order valence-corrected chi connectivity index (χ4v) is 5.01. The number of halogens is 1. The summed E-state index contributed by atoms with van der Waals surface area (Å²) in [6, 6.07) is 10.9. The number of rotatable bonds is 3. The van der Waals surface area contributed by atoms with Crippen LogP contribution in [0.4, 0.5) is 11.4 Å². The van der Waals surface area contributed by atoms with Crippen molar-refractivity contribution in [3.05, 3.63) is 47.6 Å². The van der Waals surface area contributed by atoms with E-state index in [2.05, 4.69) is 28.5 Å². The van der Waals surface area contributed by atoms with Crippen LogP contribution in [-0.4, -0.2) is 26.5 Å². The minimum Gasteiger partial charge on any atom is -0.372 e. The number of nitrogens with zero attached hydrogens (tertiary/aromatic N) is 2. The number of fused-ring (bicyclic) bond motifs is 5. The summed E-state index contributed by atoms with van der Waals surface area (Å²) in [6.45, 7) is 5.83. The van der Waals surface area contributed by atoms with E-state index in [9.17, 15) is 8.42 Å². The zero-order chi connectivity index (χ0) is 18.5. The number of benzene rings is 2. The highest BCUT2D eigenvalue weighted by Gasteiger charge is 2.30. The maximum absolute atomic E-state index is 12.8. The number of sulfonamides is 1. The molecule has 5 nitrogen and oxygen atoms in total. The molecule has 0 bridgehead atoms. The average molecular weight is 388 g/mol. The summed E-state index contributed by atoms with van der Waals surface area (Å²) in [5, 5.41) is 1.27. The molecular weight excluding hydrogens is 370 g/mol. The van der Waals surface area contributed by atoms with Crippen molar-refractivity contribution in [1.29, 1.82) is 0 Å². The Morgan fingerprint density at radius 2 is 1.88 bits per heavy atom. The van der Waals surface area contributed by atoms with Crippen LogP contribution in [0.15, 0.2) is 47.5 Å². The van der Waals surface area contributed by atoms with Crippen molar-refractivity contribution in [3.8, 4) is 11.1 Å². The van der Waals surface area contributed by atoms with Gasteiger partial charge >= 0.3 is 0 Å². The second-order valence-corrected chi connectivity index (χ2v) is 8.20. The zero-order valence-corrected chi connectivity index (χ0v) is 16.0. The van der Waals surface area contributed by atoms with E-state index in [0.29, 0.717) is 21.8 Å². The molecule has 0 aliphatic carbocycles. The van der Waals surface area contributed by atoms with E-state index >= 15 is 0 Å². The minimum absolute atomic E-state index is 0.257. The number of anilines is 2. The first-order valence-electron chi connectivity index (χ1n) is 8.45. The van der Waals surface area contributed by atoms with Gasteiger partial charge in [0.1, 0.15) is 0 Å². The van der Waals surface area contributed by atoms with Gasteiger partial charge in [-0.2, -0.15) is 0 Å². The van der Waals surface area contributed by atoms with Crippen LogP contribution in [0.5, 0.6) is 0 Å². The van der Waals surface area contributed by atoms with Gasteiger partial charge in [0.05, 0.1) is 21.1 Å². The first kappa shape index (κ1) is 17.1. The van der Waals surface area contributed by atoms with E-state index in [4.69, 9.17) is 11.6 Å². The van der Waals surface area contributed by atoms with Gasteiger partial charge < -0.3 is 4.90 Å². The highest BCUT2D eigenvalue weighted by molar-refractivity contribution is 7.93. The van der Waals surface area contributed by atoms with E-state index in [1.54, 1.807) is 18.3 Å². The molecule has 0 unspecified atom stereocenters. The van der Waals surface area contributed by atoms with Gasteiger partial charge in [-0.1, -0.05) is 11.6 Å². The smallest absolute Gasteiger partial charge is 0.262 e. The Bertz CT molecular complexity index is 1130. The van der Waals surface area contributed by atoms with Crippen LogP contribution in [-0.2, 0) is 10.0 Å². The molecule has 0 fully saturated rings. The summed E-state index contributed by atoms with van der Waals surface area (Å²) in [5.74, 6) is 0. The van der Waals surface area contributed by atoms with E-state index < -0.39 is 10.0 Å². The number of hydrogen-bond acceptors (Lipinski definition) is 4. The molecule has 0 amide bonds. The van der Waals surface area contributed by atoms with E-state index in [-0.39, 0.29) is 4.90 Å². The maximum atomic E-state index is 12.8. The van der Waals surface area contributed by atoms with Crippen molar-refractivity contribution in [1.82, 2.24) is 4.98 Å². The molecule has 1 aromatic heterocycles. The fourth-order valence-electron chi connectivity index (χ4n) is 3.45. The van der Waals surface area contributed by atoms with Crippen molar-refractivity contribution in [2.24, 2.45) is 0 Å². The number of nitrogens with one attached hydrogen (secondary N) is 1. The highest BCUT2D eigenvalue weighted by Crippen LogP contribution is 2.45. The average Bonchev–Trinajstić information content (AvgIpc) is 2.64. The third kappa shape index (κ3) is 2.52. The summed E-state index contributed by atoms with van der Waals surface area (Å²) < 4.78 is 28.3. The Morgan fingerprint density at radius 1 is 1.12 bits per heavy atom. The highest BCUT2D eigenvalue weighted by atomic mass is 35.5. The SMILES string of the molecule is CCN(CC)c1ccc2c(c1)-c1cc(Cl)c3cccnc3c1NS2(=O)=O. The van der Waals surface area contributed by atoms with Gasteiger partial charge in [0.15, 0.2) is 0 Å². The van der Waals surface area contributed by atoms with Gasteiger partial charge in [-0.3, -0.25) is 9.71 Å². The van der Waals surface area contributed by atoms with Crippen molar-refractivity contribution in [2.75, 3.05) is 22.7 Å². The summed E-state index contributed by atoms with van der Waals surface area (Å²) >= 11 is 6.46. The molecule has 1 aliphatic heterocycles. The molecule has 134 valence electrons. The quantitative estimate of drug-likeness (QED) is 0.717. The van der Waals surface area contributed by atoms with Crippen LogP contribution in [0, 0.1) is 0 Å². The van der Waals surface area contributed by atoms with Crippen molar-refractivity contribution >= 4 is 43.9 Å². The molecule has 0 saturated heterocycles. The second kappa shape index (κ2) is 6.14. The standard InChI is InChI=1S/C19H18ClN3O2S/c1-3-23(4-2)12-7-8-17-14(10-12)15-11-16(20)13-6-5-9-21-18(13)19(15)22-26(17,24)25/h5-11,22H,3-4H2,1-2H3. The molecule has 0 saturated carbocycles. The van der Waals surface area contributed by atoms with Crippen LogP contribution in [0.25, 0.3) is 22.0 Å². The Hall–Kier alpha value is -2.31. The number of hydrogen-bond donors (Lipinski definition) is 1. The first-order chi connectivity index (χ1) is 12.5. The van der Waals surface area contributed by atoms with E-state index in [0.717, 1.165) is 29.7 Å². The Labute approximate surface area is 157 Å². The summed E-state index contributed by atoms with van der Waals surface area (Å²) in [4.78, 5) is 6.79. The van der Waals surface area contributed by atoms with E-state index in [1.807, 2.05) is 24.3 Å². The summed E-state index contributed by atoms with van der Waals surface area (Å²) in [7, 11) is -3.67. The molecule has 0 radical (unpaired) electrons. The Kier molecular flexibility index (Phi) is 4.04. The second-order valence-electron chi connectivity index (χ2n) is 6.14. The Morgan fingerprint density at radius 3 is 2.62 bits per heavy atom.